The second-order valence-electron chi connectivity index (χ2n) is 5.05. The maximum Gasteiger partial charge on any atom is 0.282 e. The molecule has 1 atom stereocenters. The highest BCUT2D eigenvalue weighted by Gasteiger charge is 2.20. The molecule has 1 unspecified atom stereocenters. The van der Waals surface area contributed by atoms with E-state index in [1.54, 1.807) is 0 Å². The van der Waals surface area contributed by atoms with Crippen molar-refractivity contribution in [3.05, 3.63) is 38.9 Å². The van der Waals surface area contributed by atoms with Gasteiger partial charge >= 0.3 is 0 Å². The first kappa shape index (κ1) is 17.4. The van der Waals surface area contributed by atoms with E-state index in [9.17, 15) is 14.9 Å². The number of rotatable bonds is 8. The Morgan fingerprint density at radius 1 is 1.43 bits per heavy atom. The standard InChI is InChI=1S/C15H21ClN2O3/c1-3-5-6-11(4-2)10-17-15(19)13-9-12(16)7-8-14(13)18(20)21/h7-9,11H,3-6,10H2,1-2H3,(H,17,19). The molecule has 0 saturated carbocycles. The fraction of sp³-hybridized carbons (Fsp3) is 0.533. The van der Waals surface area contributed by atoms with Crippen LogP contribution in [0.1, 0.15) is 49.9 Å². The quantitative estimate of drug-likeness (QED) is 0.577. The number of carbonyl (C=O) groups is 1. The second kappa shape index (κ2) is 8.62. The van der Waals surface area contributed by atoms with Crippen LogP contribution in [0.3, 0.4) is 0 Å². The maximum atomic E-state index is 12.1. The van der Waals surface area contributed by atoms with Crippen LogP contribution in [0.15, 0.2) is 18.2 Å². The van der Waals surface area contributed by atoms with Gasteiger partial charge in [0, 0.05) is 17.6 Å². The molecule has 0 fully saturated rings. The Morgan fingerprint density at radius 2 is 2.14 bits per heavy atom. The number of nitro benzene ring substituents is 1. The van der Waals surface area contributed by atoms with Gasteiger partial charge in [0.15, 0.2) is 0 Å². The number of amides is 1. The molecular formula is C15H21ClN2O3. The van der Waals surface area contributed by atoms with Gasteiger partial charge in [-0.25, -0.2) is 0 Å². The summed E-state index contributed by atoms with van der Waals surface area (Å²) in [5.41, 5.74) is -0.212. The van der Waals surface area contributed by atoms with Gasteiger partial charge in [-0.3, -0.25) is 14.9 Å². The molecule has 1 amide bonds. The minimum Gasteiger partial charge on any atom is -0.352 e. The van der Waals surface area contributed by atoms with E-state index in [1.807, 2.05) is 0 Å². The highest BCUT2D eigenvalue weighted by Crippen LogP contribution is 2.22. The molecule has 1 rings (SSSR count). The average molecular weight is 313 g/mol. The van der Waals surface area contributed by atoms with Crippen molar-refractivity contribution in [3.8, 4) is 0 Å². The summed E-state index contributed by atoms with van der Waals surface area (Å²) in [5, 5.41) is 14.0. The van der Waals surface area contributed by atoms with Gasteiger partial charge in [-0.05, 0) is 24.5 Å². The Labute approximate surface area is 129 Å². The highest BCUT2D eigenvalue weighted by molar-refractivity contribution is 6.31. The van der Waals surface area contributed by atoms with Crippen LogP contribution < -0.4 is 5.32 Å². The molecule has 6 heteroatoms. The Hall–Kier alpha value is -1.62. The molecule has 1 N–H and O–H groups in total. The summed E-state index contributed by atoms with van der Waals surface area (Å²) < 4.78 is 0. The van der Waals surface area contributed by atoms with Crippen LogP contribution in [0.5, 0.6) is 0 Å². The fourth-order valence-corrected chi connectivity index (χ4v) is 2.30. The first-order valence-electron chi connectivity index (χ1n) is 7.21. The van der Waals surface area contributed by atoms with Crippen LogP contribution in [0.2, 0.25) is 5.02 Å². The Bertz CT molecular complexity index is 506. The molecular weight excluding hydrogens is 292 g/mol. The summed E-state index contributed by atoms with van der Waals surface area (Å²) in [4.78, 5) is 22.5. The summed E-state index contributed by atoms with van der Waals surface area (Å²) in [6.45, 7) is 4.73. The first-order valence-corrected chi connectivity index (χ1v) is 7.59. The molecule has 0 radical (unpaired) electrons. The van der Waals surface area contributed by atoms with Crippen molar-refractivity contribution >= 4 is 23.2 Å². The fourth-order valence-electron chi connectivity index (χ4n) is 2.12. The lowest BCUT2D eigenvalue weighted by atomic mass is 9.99. The van der Waals surface area contributed by atoms with Gasteiger partial charge in [0.1, 0.15) is 5.56 Å². The molecule has 1 aromatic rings. The normalized spacial score (nSPS) is 12.0. The summed E-state index contributed by atoms with van der Waals surface area (Å²) in [6, 6.07) is 4.00. The largest absolute Gasteiger partial charge is 0.352 e. The molecule has 0 aliphatic carbocycles. The third-order valence-electron chi connectivity index (χ3n) is 3.49. The van der Waals surface area contributed by atoms with Crippen molar-refractivity contribution < 1.29 is 9.72 Å². The minimum absolute atomic E-state index is 0.0119. The third-order valence-corrected chi connectivity index (χ3v) is 3.73. The second-order valence-corrected chi connectivity index (χ2v) is 5.48. The molecule has 0 heterocycles. The maximum absolute atomic E-state index is 12.1. The van der Waals surface area contributed by atoms with E-state index in [1.165, 1.54) is 18.2 Å². The SMILES string of the molecule is CCCCC(CC)CNC(=O)c1cc(Cl)ccc1[N+](=O)[O-]. The lowest BCUT2D eigenvalue weighted by Gasteiger charge is -2.15. The molecule has 1 aromatic carbocycles. The zero-order chi connectivity index (χ0) is 15.8. The van der Waals surface area contributed by atoms with Gasteiger partial charge in [-0.2, -0.15) is 0 Å². The average Bonchev–Trinajstić information content (AvgIpc) is 2.46. The minimum atomic E-state index is -0.570. The van der Waals surface area contributed by atoms with Crippen molar-refractivity contribution in [2.75, 3.05) is 6.54 Å². The topological polar surface area (TPSA) is 72.2 Å². The van der Waals surface area contributed by atoms with Crippen molar-refractivity contribution in [1.29, 1.82) is 0 Å². The van der Waals surface area contributed by atoms with E-state index < -0.39 is 10.8 Å². The van der Waals surface area contributed by atoms with Gasteiger partial charge in [0.2, 0.25) is 0 Å². The Balaban J connectivity index is 2.75. The number of nitro groups is 1. The summed E-state index contributed by atoms with van der Waals surface area (Å²) in [6.07, 6.45) is 4.25. The van der Waals surface area contributed by atoms with E-state index in [2.05, 4.69) is 19.2 Å². The highest BCUT2D eigenvalue weighted by atomic mass is 35.5. The number of benzene rings is 1. The number of nitrogens with one attached hydrogen (secondary N) is 1. The molecule has 0 spiro atoms. The number of hydrogen-bond donors (Lipinski definition) is 1. The Morgan fingerprint density at radius 3 is 2.71 bits per heavy atom. The lowest BCUT2D eigenvalue weighted by molar-refractivity contribution is -0.385. The van der Waals surface area contributed by atoms with E-state index >= 15 is 0 Å². The summed E-state index contributed by atoms with van der Waals surface area (Å²) >= 11 is 5.82. The van der Waals surface area contributed by atoms with Gasteiger partial charge in [0.25, 0.3) is 11.6 Å². The van der Waals surface area contributed by atoms with Gasteiger partial charge in [-0.1, -0.05) is 44.7 Å². The van der Waals surface area contributed by atoms with Crippen LogP contribution in [-0.4, -0.2) is 17.4 Å². The van der Waals surface area contributed by atoms with E-state index in [4.69, 9.17) is 11.6 Å². The zero-order valence-corrected chi connectivity index (χ0v) is 13.2. The van der Waals surface area contributed by atoms with Gasteiger partial charge in [-0.15, -0.1) is 0 Å². The van der Waals surface area contributed by atoms with Crippen LogP contribution in [0.4, 0.5) is 5.69 Å². The molecule has 0 aromatic heterocycles. The number of halogens is 1. The molecule has 21 heavy (non-hydrogen) atoms. The third kappa shape index (κ3) is 5.34. The van der Waals surface area contributed by atoms with Crippen LogP contribution in [-0.2, 0) is 0 Å². The molecule has 0 bridgehead atoms. The summed E-state index contributed by atoms with van der Waals surface area (Å²) in [5.74, 6) is -0.0497. The number of hydrogen-bond acceptors (Lipinski definition) is 3. The van der Waals surface area contributed by atoms with Gasteiger partial charge < -0.3 is 5.32 Å². The van der Waals surface area contributed by atoms with Gasteiger partial charge in [0.05, 0.1) is 4.92 Å². The van der Waals surface area contributed by atoms with Crippen LogP contribution in [0, 0.1) is 16.0 Å². The van der Waals surface area contributed by atoms with E-state index in [0.29, 0.717) is 17.5 Å². The first-order chi connectivity index (χ1) is 9.99. The molecule has 116 valence electrons. The smallest absolute Gasteiger partial charge is 0.282 e. The number of unbranched alkanes of at least 4 members (excludes halogenated alkanes) is 1. The number of carbonyl (C=O) groups excluding carboxylic acids is 1. The van der Waals surface area contributed by atoms with Crippen LogP contribution >= 0.6 is 11.6 Å². The van der Waals surface area contributed by atoms with E-state index in [-0.39, 0.29) is 11.3 Å². The van der Waals surface area contributed by atoms with Crippen molar-refractivity contribution in [2.45, 2.75) is 39.5 Å². The Kier molecular flexibility index (Phi) is 7.15. The summed E-state index contributed by atoms with van der Waals surface area (Å²) in [7, 11) is 0. The van der Waals surface area contributed by atoms with Crippen molar-refractivity contribution in [2.24, 2.45) is 5.92 Å². The molecule has 0 aliphatic heterocycles. The zero-order valence-electron chi connectivity index (χ0n) is 12.4. The van der Waals surface area contributed by atoms with Crippen LogP contribution in [0.25, 0.3) is 0 Å². The van der Waals surface area contributed by atoms with E-state index in [0.717, 1.165) is 25.7 Å². The molecule has 0 aliphatic rings. The predicted octanol–water partition coefficient (Wildman–Crippen LogP) is 4.19. The predicted molar refractivity (Wildman–Crippen MR) is 83.7 cm³/mol. The van der Waals surface area contributed by atoms with Crippen molar-refractivity contribution in [1.82, 2.24) is 5.32 Å². The lowest BCUT2D eigenvalue weighted by Crippen LogP contribution is -2.29. The number of nitrogens with zero attached hydrogens (tertiary/aromatic N) is 1. The molecule has 0 saturated heterocycles. The monoisotopic (exact) mass is 312 g/mol. The van der Waals surface area contributed by atoms with Crippen molar-refractivity contribution in [3.63, 3.8) is 0 Å². The molecule has 5 nitrogen and oxygen atoms in total.